The van der Waals surface area contributed by atoms with Crippen molar-refractivity contribution in [2.75, 3.05) is 18.9 Å². The van der Waals surface area contributed by atoms with Gasteiger partial charge in [-0.15, -0.1) is 11.3 Å². The molecular weight excluding hydrogens is 662 g/mol. The van der Waals surface area contributed by atoms with Gasteiger partial charge in [0.15, 0.2) is 5.78 Å². The van der Waals surface area contributed by atoms with E-state index in [0.29, 0.717) is 5.56 Å². The largest absolute Gasteiger partial charge is 0.366 e. The number of aromatic amines is 2. The number of ketones is 1. The van der Waals surface area contributed by atoms with Crippen molar-refractivity contribution in [2.24, 2.45) is 4.99 Å². The minimum absolute atomic E-state index is 0.0874. The minimum Gasteiger partial charge on any atom is -0.366 e. The molecule has 3 aromatic heterocycles. The number of rotatable bonds is 8. The summed E-state index contributed by atoms with van der Waals surface area (Å²) in [6, 6.07) is 11.6. The number of nitrogens with one attached hydrogen (secondary N) is 2. The zero-order valence-corrected chi connectivity index (χ0v) is 31.0. The van der Waals surface area contributed by atoms with Gasteiger partial charge in [-0.25, -0.2) is 9.98 Å². The van der Waals surface area contributed by atoms with Crippen molar-refractivity contribution in [3.05, 3.63) is 101 Å². The number of thiazole rings is 1. The number of aliphatic imine (C=N–C) groups is 1. The fourth-order valence-corrected chi connectivity index (χ4v) is 5.55. The Morgan fingerprint density at radius 1 is 0.957 bits per heavy atom. The fraction of sp³-hybridized carbons (Fsp3) is 0.417. The molecule has 0 saturated heterocycles. The summed E-state index contributed by atoms with van der Waals surface area (Å²) in [6.45, 7) is 19.5. The van der Waals surface area contributed by atoms with Crippen LogP contribution in [-0.2, 0) is 17.3 Å². The van der Waals surface area contributed by atoms with Crippen LogP contribution in [0.3, 0.4) is 0 Å². The van der Waals surface area contributed by atoms with Crippen LogP contribution in [0.25, 0.3) is 11.3 Å². The Labute approximate surface area is 284 Å². The lowest BCUT2D eigenvalue weighted by Crippen LogP contribution is -2.24. The number of halogens is 1. The number of hydrogen-bond acceptors (Lipinski definition) is 6. The van der Waals surface area contributed by atoms with Crippen LogP contribution in [0, 0.1) is 13.8 Å². The predicted octanol–water partition coefficient (Wildman–Crippen LogP) is 7.87. The van der Waals surface area contributed by atoms with Crippen molar-refractivity contribution in [3.63, 3.8) is 0 Å². The second-order valence-corrected chi connectivity index (χ2v) is 15.0. The summed E-state index contributed by atoms with van der Waals surface area (Å²) >= 11 is 4.63. The number of Topliss-reactive ketones (excluding diaryl/α,β-unsaturated/α-hetero) is 1. The highest BCUT2D eigenvalue weighted by atomic mass is 79.9. The van der Waals surface area contributed by atoms with E-state index in [2.05, 4.69) is 89.5 Å². The maximum atomic E-state index is 12.6. The molecule has 0 saturated carbocycles. The third kappa shape index (κ3) is 9.69. The normalized spacial score (nSPS) is 11.8. The second kappa shape index (κ2) is 15.3. The molecule has 0 aliphatic carbocycles. The molecule has 0 aliphatic heterocycles. The molecule has 0 spiro atoms. The number of hydrogen-bond donors (Lipinski definition) is 2. The van der Waals surface area contributed by atoms with Crippen molar-refractivity contribution in [3.8, 4) is 11.3 Å². The average molecular weight is 709 g/mol. The maximum Gasteiger partial charge on any atom is 0.259 e. The van der Waals surface area contributed by atoms with Crippen molar-refractivity contribution >= 4 is 45.1 Å². The SMILES string of the molecule is CC(C)(C)c1ccc(C(=O)CBr)c(=O)[nH]1.CCN(C)C=Nc1cc(C)c(Cc2nc(-c3ccc(C(C)(C)C)[nH]c3=O)cs2)cc1C. The maximum absolute atomic E-state index is 12.6. The predicted molar refractivity (Wildman–Crippen MR) is 196 cm³/mol. The highest BCUT2D eigenvalue weighted by Gasteiger charge is 2.18. The second-order valence-electron chi connectivity index (χ2n) is 13.5. The molecule has 0 aliphatic rings. The Morgan fingerprint density at radius 3 is 2.11 bits per heavy atom. The number of H-pyrrole nitrogens is 2. The van der Waals surface area contributed by atoms with Gasteiger partial charge < -0.3 is 14.9 Å². The van der Waals surface area contributed by atoms with Crippen LogP contribution in [-0.4, -0.2) is 50.9 Å². The number of aromatic nitrogens is 3. The number of carbonyl (C=O) groups is 1. The van der Waals surface area contributed by atoms with E-state index in [-0.39, 0.29) is 38.6 Å². The lowest BCUT2D eigenvalue weighted by molar-refractivity contribution is 0.102. The van der Waals surface area contributed by atoms with Crippen molar-refractivity contribution in [2.45, 2.75) is 79.6 Å². The summed E-state index contributed by atoms with van der Waals surface area (Å²) in [7, 11) is 2.02. The van der Waals surface area contributed by atoms with Crippen LogP contribution in [0.5, 0.6) is 0 Å². The molecule has 3 heterocycles. The van der Waals surface area contributed by atoms with Crippen molar-refractivity contribution < 1.29 is 4.79 Å². The molecule has 8 nitrogen and oxygen atoms in total. The standard InChI is InChI=1S/C25H32N4OS.C11H14BrNO2/c1-8-29(7)15-26-20-12-16(2)18(11-17(20)3)13-23-27-21(14-31-23)19-9-10-22(25(4,5)6)28-24(19)30;1-11(2,3)9-5-4-7(8(14)6-12)10(15)13-9/h9-12,14-15H,8,13H2,1-7H3,(H,28,30);4-5H,6H2,1-3H3,(H,13,15). The van der Waals surface area contributed by atoms with Gasteiger partial charge in [0.1, 0.15) is 0 Å². The van der Waals surface area contributed by atoms with E-state index in [1.54, 1.807) is 23.5 Å². The van der Waals surface area contributed by atoms with E-state index in [9.17, 15) is 14.4 Å². The van der Waals surface area contributed by atoms with Crippen LogP contribution >= 0.6 is 27.3 Å². The smallest absolute Gasteiger partial charge is 0.259 e. The molecule has 0 radical (unpaired) electrons. The van der Waals surface area contributed by atoms with E-state index < -0.39 is 0 Å². The van der Waals surface area contributed by atoms with Crippen LogP contribution in [0.2, 0.25) is 0 Å². The molecule has 0 fully saturated rings. The van der Waals surface area contributed by atoms with Gasteiger partial charge in [-0.3, -0.25) is 14.4 Å². The van der Waals surface area contributed by atoms with Gasteiger partial charge >= 0.3 is 0 Å². The Bertz CT molecular complexity index is 1820. The average Bonchev–Trinajstić information content (AvgIpc) is 3.45. The number of pyridine rings is 2. The van der Waals surface area contributed by atoms with Crippen molar-refractivity contribution in [1.29, 1.82) is 0 Å². The van der Waals surface area contributed by atoms with Crippen molar-refractivity contribution in [1.82, 2.24) is 19.9 Å². The zero-order valence-electron chi connectivity index (χ0n) is 28.6. The van der Waals surface area contributed by atoms with Crippen LogP contribution in [0.1, 0.15) is 91.9 Å². The highest BCUT2D eigenvalue weighted by molar-refractivity contribution is 9.09. The van der Waals surface area contributed by atoms with Crippen LogP contribution in [0.15, 0.2) is 56.4 Å². The van der Waals surface area contributed by atoms with Crippen LogP contribution in [0.4, 0.5) is 5.69 Å². The lowest BCUT2D eigenvalue weighted by atomic mass is 9.91. The molecule has 46 heavy (non-hydrogen) atoms. The quantitative estimate of drug-likeness (QED) is 0.0838. The van der Waals surface area contributed by atoms with Gasteiger partial charge in [-0.1, -0.05) is 63.5 Å². The number of aryl methyl sites for hydroxylation is 2. The third-order valence-electron chi connectivity index (χ3n) is 7.57. The summed E-state index contributed by atoms with van der Waals surface area (Å²) in [6.07, 6.45) is 2.62. The van der Waals surface area contributed by atoms with Gasteiger partial charge in [0.05, 0.1) is 39.2 Å². The summed E-state index contributed by atoms with van der Waals surface area (Å²) in [5, 5.41) is 3.14. The molecule has 4 aromatic rings. The van der Waals surface area contributed by atoms with Crippen LogP contribution < -0.4 is 11.1 Å². The lowest BCUT2D eigenvalue weighted by Gasteiger charge is -2.18. The molecule has 0 atom stereocenters. The zero-order chi connectivity index (χ0) is 34.4. The first kappa shape index (κ1) is 36.8. The van der Waals surface area contributed by atoms with E-state index in [4.69, 9.17) is 4.98 Å². The Morgan fingerprint density at radius 2 is 1.57 bits per heavy atom. The first-order chi connectivity index (χ1) is 21.4. The Balaban J connectivity index is 0.000000322. The molecule has 0 unspecified atom stereocenters. The third-order valence-corrected chi connectivity index (χ3v) is 8.93. The minimum atomic E-state index is -0.313. The number of alkyl halides is 1. The first-order valence-corrected chi connectivity index (χ1v) is 17.3. The molecule has 10 heteroatoms. The Hall–Kier alpha value is -3.63. The molecule has 0 amide bonds. The van der Waals surface area contributed by atoms with E-state index in [1.807, 2.05) is 51.7 Å². The van der Waals surface area contributed by atoms with E-state index >= 15 is 0 Å². The first-order valence-electron chi connectivity index (χ1n) is 15.3. The summed E-state index contributed by atoms with van der Waals surface area (Å²) in [5.41, 5.74) is 7.28. The number of benzene rings is 1. The topological polar surface area (TPSA) is 111 Å². The Kier molecular flexibility index (Phi) is 12.3. The van der Waals surface area contributed by atoms with Gasteiger partial charge in [0.25, 0.3) is 11.1 Å². The number of carbonyl (C=O) groups excluding carboxylic acids is 1. The monoisotopic (exact) mass is 707 g/mol. The molecule has 0 bridgehead atoms. The van der Waals surface area contributed by atoms with Gasteiger partial charge in [-0.05, 0) is 67.8 Å². The molecule has 1 aromatic carbocycles. The molecule has 2 N–H and O–H groups in total. The summed E-state index contributed by atoms with van der Waals surface area (Å²) in [4.78, 5) is 52.7. The molecular formula is C36H46BrN5O3S. The fourth-order valence-electron chi connectivity index (χ4n) is 4.43. The highest BCUT2D eigenvalue weighted by Crippen LogP contribution is 2.28. The summed E-state index contributed by atoms with van der Waals surface area (Å²) < 4.78 is 0. The van der Waals surface area contributed by atoms with E-state index in [0.717, 1.165) is 46.3 Å². The molecule has 246 valence electrons. The molecule has 4 rings (SSSR count). The van der Waals surface area contributed by atoms with Gasteiger partial charge in [-0.2, -0.15) is 0 Å². The van der Waals surface area contributed by atoms with E-state index in [1.165, 1.54) is 11.1 Å². The van der Waals surface area contributed by atoms with Gasteiger partial charge in [0, 0.05) is 47.6 Å². The summed E-state index contributed by atoms with van der Waals surface area (Å²) in [5.74, 6) is -0.197. The van der Waals surface area contributed by atoms with Gasteiger partial charge in [0.2, 0.25) is 0 Å². The number of nitrogens with zero attached hydrogens (tertiary/aromatic N) is 3.